The molecule has 2 aliphatic carbocycles. The summed E-state index contributed by atoms with van der Waals surface area (Å²) in [5.41, 5.74) is 0.434. The zero-order valence-electron chi connectivity index (χ0n) is 6.79. The van der Waals surface area contributed by atoms with E-state index < -0.39 is 0 Å². The Kier molecular flexibility index (Phi) is 1.69. The molecule has 0 saturated carbocycles. The van der Waals surface area contributed by atoms with E-state index in [1.807, 2.05) is 0 Å². The highest BCUT2D eigenvalue weighted by molar-refractivity contribution is 5.25. The minimum Gasteiger partial charge on any atom is -0.0885 e. The molecule has 1 spiro atoms. The highest BCUT2D eigenvalue weighted by Crippen LogP contribution is 2.38. The zero-order valence-corrected chi connectivity index (χ0v) is 6.79. The van der Waals surface area contributed by atoms with E-state index in [1.54, 1.807) is 0 Å². The van der Waals surface area contributed by atoms with Crippen molar-refractivity contribution >= 4 is 0 Å². The Balaban J connectivity index is 2.14. The molecule has 0 aromatic carbocycles. The van der Waals surface area contributed by atoms with Gasteiger partial charge in [-0.25, -0.2) is 0 Å². The Bertz CT molecular complexity index is 194. The van der Waals surface area contributed by atoms with Crippen molar-refractivity contribution in [1.82, 2.24) is 0 Å². The lowest BCUT2D eigenvalue weighted by Gasteiger charge is -2.22. The van der Waals surface area contributed by atoms with Gasteiger partial charge < -0.3 is 0 Å². The summed E-state index contributed by atoms with van der Waals surface area (Å²) in [7, 11) is 0. The third kappa shape index (κ3) is 1.30. The molecule has 0 heteroatoms. The van der Waals surface area contributed by atoms with Crippen molar-refractivity contribution in [2.24, 2.45) is 5.41 Å². The SMILES string of the molecule is C1=CC2(C=C1)CCC=CCC2. The quantitative estimate of drug-likeness (QED) is 0.460. The van der Waals surface area contributed by atoms with E-state index in [0.29, 0.717) is 5.41 Å². The van der Waals surface area contributed by atoms with Crippen molar-refractivity contribution in [3.8, 4) is 0 Å². The number of allylic oxidation sites excluding steroid dienone is 6. The first kappa shape index (κ1) is 6.90. The van der Waals surface area contributed by atoms with Gasteiger partial charge in [0.15, 0.2) is 0 Å². The molecule has 0 heterocycles. The van der Waals surface area contributed by atoms with E-state index in [4.69, 9.17) is 0 Å². The van der Waals surface area contributed by atoms with Crippen molar-refractivity contribution < 1.29 is 0 Å². The fourth-order valence-electron chi connectivity index (χ4n) is 1.95. The average Bonchev–Trinajstić information content (AvgIpc) is 2.32. The second kappa shape index (κ2) is 2.69. The Morgan fingerprint density at radius 2 is 1.36 bits per heavy atom. The minimum atomic E-state index is 0.434. The molecule has 0 amide bonds. The molecular weight excluding hydrogens is 132 g/mol. The largest absolute Gasteiger partial charge is 0.0885 e. The predicted molar refractivity (Wildman–Crippen MR) is 48.3 cm³/mol. The maximum Gasteiger partial charge on any atom is 0.00730 e. The lowest BCUT2D eigenvalue weighted by molar-refractivity contribution is 0.436. The summed E-state index contributed by atoms with van der Waals surface area (Å²) in [6.07, 6.45) is 18.8. The highest BCUT2D eigenvalue weighted by Gasteiger charge is 2.24. The Labute approximate surface area is 68.3 Å². The van der Waals surface area contributed by atoms with Gasteiger partial charge in [0.2, 0.25) is 0 Å². The van der Waals surface area contributed by atoms with Crippen molar-refractivity contribution in [2.75, 3.05) is 0 Å². The van der Waals surface area contributed by atoms with E-state index >= 15 is 0 Å². The molecule has 0 N–H and O–H groups in total. The van der Waals surface area contributed by atoms with Gasteiger partial charge in [-0.05, 0) is 25.7 Å². The topological polar surface area (TPSA) is 0 Å². The fraction of sp³-hybridized carbons (Fsp3) is 0.455. The van der Waals surface area contributed by atoms with E-state index in [-0.39, 0.29) is 0 Å². The van der Waals surface area contributed by atoms with Crippen molar-refractivity contribution in [1.29, 1.82) is 0 Å². The summed E-state index contributed by atoms with van der Waals surface area (Å²) in [6, 6.07) is 0. The zero-order chi connectivity index (χ0) is 7.57. The molecule has 0 saturated heterocycles. The molecule has 0 unspecified atom stereocenters. The van der Waals surface area contributed by atoms with Crippen LogP contribution in [0.1, 0.15) is 25.7 Å². The Morgan fingerprint density at radius 3 is 1.91 bits per heavy atom. The van der Waals surface area contributed by atoms with Gasteiger partial charge in [0.1, 0.15) is 0 Å². The molecule has 0 aliphatic heterocycles. The van der Waals surface area contributed by atoms with Crippen LogP contribution in [0.2, 0.25) is 0 Å². The normalized spacial score (nSPS) is 26.2. The monoisotopic (exact) mass is 146 g/mol. The molecule has 2 aliphatic rings. The van der Waals surface area contributed by atoms with Crippen LogP contribution in [0.5, 0.6) is 0 Å². The predicted octanol–water partition coefficient (Wildman–Crippen LogP) is 3.23. The molecule has 0 atom stereocenters. The molecule has 0 fully saturated rings. The number of hydrogen-bond acceptors (Lipinski definition) is 0. The van der Waals surface area contributed by atoms with Crippen LogP contribution in [0.25, 0.3) is 0 Å². The summed E-state index contributed by atoms with van der Waals surface area (Å²) < 4.78 is 0. The molecule has 11 heavy (non-hydrogen) atoms. The molecule has 0 aromatic rings. The van der Waals surface area contributed by atoms with Crippen LogP contribution in [0, 0.1) is 5.41 Å². The van der Waals surface area contributed by atoms with Crippen LogP contribution in [0.3, 0.4) is 0 Å². The maximum atomic E-state index is 2.36. The Hall–Kier alpha value is -0.780. The fourth-order valence-corrected chi connectivity index (χ4v) is 1.95. The van der Waals surface area contributed by atoms with Crippen molar-refractivity contribution in [2.45, 2.75) is 25.7 Å². The molecular formula is C11H14. The molecule has 0 nitrogen and oxygen atoms in total. The van der Waals surface area contributed by atoms with Gasteiger partial charge in [0.25, 0.3) is 0 Å². The summed E-state index contributed by atoms with van der Waals surface area (Å²) in [6.45, 7) is 0. The van der Waals surface area contributed by atoms with E-state index in [0.717, 1.165) is 0 Å². The van der Waals surface area contributed by atoms with E-state index in [9.17, 15) is 0 Å². The molecule has 2 rings (SSSR count). The molecule has 0 radical (unpaired) electrons. The van der Waals surface area contributed by atoms with Crippen LogP contribution >= 0.6 is 0 Å². The summed E-state index contributed by atoms with van der Waals surface area (Å²) >= 11 is 0. The van der Waals surface area contributed by atoms with E-state index in [2.05, 4.69) is 36.5 Å². The van der Waals surface area contributed by atoms with Gasteiger partial charge in [-0.15, -0.1) is 0 Å². The summed E-state index contributed by atoms with van der Waals surface area (Å²) in [4.78, 5) is 0. The molecule has 58 valence electrons. The van der Waals surface area contributed by atoms with Gasteiger partial charge >= 0.3 is 0 Å². The third-order valence-corrected chi connectivity index (χ3v) is 2.69. The first-order valence-corrected chi connectivity index (χ1v) is 4.43. The first-order valence-electron chi connectivity index (χ1n) is 4.43. The average molecular weight is 146 g/mol. The standard InChI is InChI=1S/C11H14/c1-2-4-8-11(7-3-1)9-5-6-10-11/h1-2,5-6,9-10H,3-4,7-8H2. The number of rotatable bonds is 0. The van der Waals surface area contributed by atoms with Gasteiger partial charge in [-0.2, -0.15) is 0 Å². The van der Waals surface area contributed by atoms with Crippen LogP contribution in [0.4, 0.5) is 0 Å². The molecule has 0 aromatic heterocycles. The second-order valence-electron chi connectivity index (χ2n) is 3.50. The Morgan fingerprint density at radius 1 is 0.818 bits per heavy atom. The van der Waals surface area contributed by atoms with Gasteiger partial charge in [0.05, 0.1) is 0 Å². The number of hydrogen-bond donors (Lipinski definition) is 0. The van der Waals surface area contributed by atoms with Crippen molar-refractivity contribution in [3.05, 3.63) is 36.5 Å². The highest BCUT2D eigenvalue weighted by atomic mass is 14.3. The van der Waals surface area contributed by atoms with Crippen LogP contribution < -0.4 is 0 Å². The second-order valence-corrected chi connectivity index (χ2v) is 3.50. The van der Waals surface area contributed by atoms with Crippen LogP contribution in [-0.2, 0) is 0 Å². The molecule has 0 bridgehead atoms. The van der Waals surface area contributed by atoms with Gasteiger partial charge in [0, 0.05) is 5.41 Å². The first-order chi connectivity index (χ1) is 5.41. The van der Waals surface area contributed by atoms with Crippen LogP contribution in [-0.4, -0.2) is 0 Å². The summed E-state index contributed by atoms with van der Waals surface area (Å²) in [5.74, 6) is 0. The lowest BCUT2D eigenvalue weighted by Crippen LogP contribution is -2.10. The third-order valence-electron chi connectivity index (χ3n) is 2.69. The van der Waals surface area contributed by atoms with Crippen molar-refractivity contribution in [3.63, 3.8) is 0 Å². The minimum absolute atomic E-state index is 0.434. The lowest BCUT2D eigenvalue weighted by atomic mass is 9.82. The summed E-state index contributed by atoms with van der Waals surface area (Å²) in [5, 5.41) is 0. The maximum absolute atomic E-state index is 2.36. The van der Waals surface area contributed by atoms with Crippen LogP contribution in [0.15, 0.2) is 36.5 Å². The van der Waals surface area contributed by atoms with E-state index in [1.165, 1.54) is 25.7 Å². The van der Waals surface area contributed by atoms with Gasteiger partial charge in [-0.1, -0.05) is 36.5 Å². The van der Waals surface area contributed by atoms with Gasteiger partial charge in [-0.3, -0.25) is 0 Å². The smallest absolute Gasteiger partial charge is 0.00730 e.